The van der Waals surface area contributed by atoms with E-state index in [9.17, 15) is 4.79 Å². The first-order valence-electron chi connectivity index (χ1n) is 10.4. The lowest BCUT2D eigenvalue weighted by atomic mass is 9.87. The van der Waals surface area contributed by atoms with Crippen molar-refractivity contribution < 1.29 is 4.79 Å². The first-order valence-corrected chi connectivity index (χ1v) is 10.4. The SMILES string of the molecule is CC(C)n1ncc2c(C(=O)NC3CCCc4ccccc43)cc(C3CC3)nc21. The Morgan fingerprint density at radius 3 is 2.82 bits per heavy atom. The number of aromatic nitrogens is 3. The molecule has 2 aliphatic rings. The van der Waals surface area contributed by atoms with Crippen molar-refractivity contribution in [3.8, 4) is 0 Å². The fraction of sp³-hybridized carbons (Fsp3) is 0.435. The van der Waals surface area contributed by atoms with Gasteiger partial charge in [-0.05, 0) is 63.1 Å². The van der Waals surface area contributed by atoms with Crippen molar-refractivity contribution >= 4 is 16.9 Å². The normalized spacial score (nSPS) is 19.0. The fourth-order valence-electron chi connectivity index (χ4n) is 4.33. The van der Waals surface area contributed by atoms with E-state index in [2.05, 4.69) is 48.5 Å². The topological polar surface area (TPSA) is 59.8 Å². The van der Waals surface area contributed by atoms with Crippen LogP contribution in [0.15, 0.2) is 36.5 Å². The van der Waals surface area contributed by atoms with Crippen LogP contribution in [0.3, 0.4) is 0 Å². The van der Waals surface area contributed by atoms with E-state index in [4.69, 9.17) is 4.98 Å². The molecule has 0 saturated heterocycles. The second-order valence-corrected chi connectivity index (χ2v) is 8.41. The summed E-state index contributed by atoms with van der Waals surface area (Å²) in [6.45, 7) is 4.19. The molecule has 28 heavy (non-hydrogen) atoms. The van der Waals surface area contributed by atoms with E-state index in [0.29, 0.717) is 11.5 Å². The van der Waals surface area contributed by atoms with E-state index in [1.165, 1.54) is 11.1 Å². The number of nitrogens with one attached hydrogen (secondary N) is 1. The van der Waals surface area contributed by atoms with Gasteiger partial charge in [-0.3, -0.25) is 4.79 Å². The third kappa shape index (κ3) is 2.99. The van der Waals surface area contributed by atoms with E-state index in [1.54, 1.807) is 6.20 Å². The Bertz CT molecular complexity index is 1050. The highest BCUT2D eigenvalue weighted by molar-refractivity contribution is 6.05. The summed E-state index contributed by atoms with van der Waals surface area (Å²) in [5.74, 6) is 0.473. The van der Waals surface area contributed by atoms with Gasteiger partial charge in [-0.1, -0.05) is 24.3 Å². The van der Waals surface area contributed by atoms with Crippen LogP contribution in [0.25, 0.3) is 11.0 Å². The molecule has 1 saturated carbocycles. The molecule has 5 rings (SSSR count). The van der Waals surface area contributed by atoms with Gasteiger partial charge in [-0.2, -0.15) is 5.10 Å². The zero-order chi connectivity index (χ0) is 19.3. The van der Waals surface area contributed by atoms with Gasteiger partial charge in [0.05, 0.1) is 23.2 Å². The van der Waals surface area contributed by atoms with Crippen LogP contribution >= 0.6 is 0 Å². The maximum absolute atomic E-state index is 13.3. The van der Waals surface area contributed by atoms with Crippen molar-refractivity contribution in [1.29, 1.82) is 0 Å². The molecule has 3 aromatic rings. The van der Waals surface area contributed by atoms with Gasteiger partial charge in [0, 0.05) is 17.7 Å². The molecule has 5 nitrogen and oxygen atoms in total. The molecule has 2 aromatic heterocycles. The van der Waals surface area contributed by atoms with Gasteiger partial charge in [0.2, 0.25) is 0 Å². The van der Waals surface area contributed by atoms with Crippen molar-refractivity contribution in [3.05, 3.63) is 58.9 Å². The average molecular weight is 374 g/mol. The minimum absolute atomic E-state index is 0.0145. The highest BCUT2D eigenvalue weighted by Crippen LogP contribution is 2.40. The predicted molar refractivity (Wildman–Crippen MR) is 109 cm³/mol. The Morgan fingerprint density at radius 2 is 2.04 bits per heavy atom. The molecule has 0 bridgehead atoms. The Hall–Kier alpha value is -2.69. The van der Waals surface area contributed by atoms with Gasteiger partial charge in [0.1, 0.15) is 0 Å². The van der Waals surface area contributed by atoms with Crippen LogP contribution < -0.4 is 5.32 Å². The molecule has 5 heteroatoms. The standard InChI is InChI=1S/C23H26N4O/c1-14(2)27-22-19(13-24-27)18(12-21(25-22)16-10-11-16)23(28)26-20-9-5-7-15-6-3-4-8-17(15)20/h3-4,6,8,12-14,16,20H,5,7,9-11H2,1-2H3,(H,26,28). The summed E-state index contributed by atoms with van der Waals surface area (Å²) < 4.78 is 1.92. The zero-order valence-electron chi connectivity index (χ0n) is 16.5. The van der Waals surface area contributed by atoms with E-state index in [-0.39, 0.29) is 18.0 Å². The molecule has 1 amide bonds. The Labute approximate surface area is 165 Å². The van der Waals surface area contributed by atoms with Gasteiger partial charge < -0.3 is 5.32 Å². The van der Waals surface area contributed by atoms with Gasteiger partial charge in [-0.15, -0.1) is 0 Å². The number of carbonyl (C=O) groups excluding carboxylic acids is 1. The van der Waals surface area contributed by atoms with Crippen molar-refractivity contribution in [2.45, 2.75) is 64.0 Å². The van der Waals surface area contributed by atoms with E-state index < -0.39 is 0 Å². The largest absolute Gasteiger partial charge is 0.345 e. The molecular formula is C23H26N4O. The number of amides is 1. The number of hydrogen-bond donors (Lipinski definition) is 1. The molecule has 0 spiro atoms. The summed E-state index contributed by atoms with van der Waals surface area (Å²) >= 11 is 0. The third-order valence-electron chi connectivity index (χ3n) is 5.99. The number of benzene rings is 1. The van der Waals surface area contributed by atoms with E-state index >= 15 is 0 Å². The number of aryl methyl sites for hydroxylation is 1. The molecule has 0 aliphatic heterocycles. The molecule has 1 atom stereocenters. The quantitative estimate of drug-likeness (QED) is 0.720. The average Bonchev–Trinajstić information content (AvgIpc) is 3.46. The van der Waals surface area contributed by atoms with Crippen molar-refractivity contribution in [2.24, 2.45) is 0 Å². The van der Waals surface area contributed by atoms with Crippen LogP contribution in [0.4, 0.5) is 0 Å². The molecule has 2 aliphatic carbocycles. The van der Waals surface area contributed by atoms with Crippen LogP contribution in [0.1, 0.15) is 84.7 Å². The summed E-state index contributed by atoms with van der Waals surface area (Å²) in [6.07, 6.45) is 7.29. The van der Waals surface area contributed by atoms with Gasteiger partial charge >= 0.3 is 0 Å². The molecule has 0 radical (unpaired) electrons. The molecule has 1 aromatic carbocycles. The zero-order valence-corrected chi connectivity index (χ0v) is 16.5. The number of carbonyl (C=O) groups is 1. The van der Waals surface area contributed by atoms with Crippen molar-refractivity contribution in [2.75, 3.05) is 0 Å². The van der Waals surface area contributed by atoms with Gasteiger partial charge in [0.15, 0.2) is 5.65 Å². The summed E-state index contributed by atoms with van der Waals surface area (Å²) in [5, 5.41) is 8.67. The number of nitrogens with zero attached hydrogens (tertiary/aromatic N) is 3. The maximum Gasteiger partial charge on any atom is 0.252 e. The lowest BCUT2D eigenvalue weighted by molar-refractivity contribution is 0.0934. The number of rotatable bonds is 4. The monoisotopic (exact) mass is 374 g/mol. The predicted octanol–water partition coefficient (Wildman–Crippen LogP) is 4.70. The fourth-order valence-corrected chi connectivity index (χ4v) is 4.33. The smallest absolute Gasteiger partial charge is 0.252 e. The molecule has 1 fully saturated rings. The Balaban J connectivity index is 1.53. The van der Waals surface area contributed by atoms with Crippen LogP contribution in [0.5, 0.6) is 0 Å². The molecular weight excluding hydrogens is 348 g/mol. The maximum atomic E-state index is 13.3. The van der Waals surface area contributed by atoms with Gasteiger partial charge in [-0.25, -0.2) is 9.67 Å². The second kappa shape index (κ2) is 6.73. The third-order valence-corrected chi connectivity index (χ3v) is 5.99. The Kier molecular flexibility index (Phi) is 4.18. The van der Waals surface area contributed by atoms with Gasteiger partial charge in [0.25, 0.3) is 5.91 Å². The summed E-state index contributed by atoms with van der Waals surface area (Å²) in [7, 11) is 0. The minimum Gasteiger partial charge on any atom is -0.345 e. The van der Waals surface area contributed by atoms with Crippen LogP contribution in [0, 0.1) is 0 Å². The van der Waals surface area contributed by atoms with Crippen LogP contribution in [-0.2, 0) is 6.42 Å². The second-order valence-electron chi connectivity index (χ2n) is 8.41. The lowest BCUT2D eigenvalue weighted by Crippen LogP contribution is -2.31. The van der Waals surface area contributed by atoms with Crippen molar-refractivity contribution in [3.63, 3.8) is 0 Å². The highest BCUT2D eigenvalue weighted by Gasteiger charge is 2.29. The number of pyridine rings is 1. The lowest BCUT2D eigenvalue weighted by Gasteiger charge is -2.26. The van der Waals surface area contributed by atoms with E-state index in [0.717, 1.165) is 48.8 Å². The number of fused-ring (bicyclic) bond motifs is 2. The van der Waals surface area contributed by atoms with Crippen LogP contribution in [-0.4, -0.2) is 20.7 Å². The van der Waals surface area contributed by atoms with E-state index in [1.807, 2.05) is 10.7 Å². The minimum atomic E-state index is -0.0145. The first-order chi connectivity index (χ1) is 13.6. The first kappa shape index (κ1) is 17.4. The summed E-state index contributed by atoms with van der Waals surface area (Å²) in [4.78, 5) is 18.2. The van der Waals surface area contributed by atoms with Crippen molar-refractivity contribution in [1.82, 2.24) is 20.1 Å². The molecule has 1 N–H and O–H groups in total. The van der Waals surface area contributed by atoms with Crippen LogP contribution in [0.2, 0.25) is 0 Å². The number of hydrogen-bond acceptors (Lipinski definition) is 3. The highest BCUT2D eigenvalue weighted by atomic mass is 16.1. The Morgan fingerprint density at radius 1 is 1.21 bits per heavy atom. The summed E-state index contributed by atoms with van der Waals surface area (Å²) in [6, 6.07) is 10.7. The summed E-state index contributed by atoms with van der Waals surface area (Å²) in [5.41, 5.74) is 5.18. The molecule has 144 valence electrons. The molecule has 2 heterocycles. The molecule has 1 unspecified atom stereocenters.